The Bertz CT molecular complexity index is 1080. The highest BCUT2D eigenvalue weighted by atomic mass is 32.1. The number of nitrogens with zero attached hydrogens (tertiary/aromatic N) is 3. The fourth-order valence-corrected chi connectivity index (χ4v) is 4.94. The predicted octanol–water partition coefficient (Wildman–Crippen LogP) is 5.05. The molecule has 0 fully saturated rings. The third kappa shape index (κ3) is 4.37. The molecule has 0 atom stereocenters. The van der Waals surface area contributed by atoms with E-state index < -0.39 is 11.6 Å². The largest absolute Gasteiger partial charge is 0.309 e. The molecule has 3 aromatic rings. The molecule has 0 saturated carbocycles. The van der Waals surface area contributed by atoms with Gasteiger partial charge in [0.1, 0.15) is 11.3 Å². The van der Waals surface area contributed by atoms with Crippen molar-refractivity contribution in [1.82, 2.24) is 9.88 Å². The molecular weight excluding hydrogens is 404 g/mol. The zero-order chi connectivity index (χ0) is 21.3. The Hall–Kier alpha value is -2.38. The van der Waals surface area contributed by atoms with Crippen LogP contribution in [0.2, 0.25) is 0 Å². The van der Waals surface area contributed by atoms with Crippen LogP contribution in [0.25, 0.3) is 10.2 Å². The van der Waals surface area contributed by atoms with Crippen molar-refractivity contribution in [2.45, 2.75) is 32.1 Å². The van der Waals surface area contributed by atoms with Gasteiger partial charge in [-0.05, 0) is 82.1 Å². The molecule has 30 heavy (non-hydrogen) atoms. The summed E-state index contributed by atoms with van der Waals surface area (Å²) in [4.78, 5) is 21.5. The van der Waals surface area contributed by atoms with Crippen molar-refractivity contribution in [3.8, 4) is 0 Å². The SMILES string of the molecule is CN(C)CCCN(C(=O)c1ccc2c(c1)CCCC2)c1nc2c(F)cc(F)cc2s1. The molecule has 158 valence electrons. The van der Waals surface area contributed by atoms with Crippen LogP contribution in [0.1, 0.15) is 40.7 Å². The van der Waals surface area contributed by atoms with Gasteiger partial charge in [-0.15, -0.1) is 0 Å². The third-order valence-corrected chi connectivity index (χ3v) is 6.49. The molecule has 0 unspecified atom stereocenters. The van der Waals surface area contributed by atoms with Gasteiger partial charge in [-0.2, -0.15) is 0 Å². The molecule has 0 aliphatic heterocycles. The quantitative estimate of drug-likeness (QED) is 0.550. The first-order valence-electron chi connectivity index (χ1n) is 10.3. The molecule has 0 saturated heterocycles. The van der Waals surface area contributed by atoms with E-state index in [1.807, 2.05) is 32.3 Å². The fraction of sp³-hybridized carbons (Fsp3) is 0.391. The Balaban J connectivity index is 1.69. The van der Waals surface area contributed by atoms with Crippen LogP contribution in [0.3, 0.4) is 0 Å². The predicted molar refractivity (Wildman–Crippen MR) is 117 cm³/mol. The lowest BCUT2D eigenvalue weighted by atomic mass is 9.90. The Morgan fingerprint density at radius 3 is 2.60 bits per heavy atom. The van der Waals surface area contributed by atoms with Crippen molar-refractivity contribution in [3.63, 3.8) is 0 Å². The van der Waals surface area contributed by atoms with Crippen LogP contribution < -0.4 is 4.90 Å². The lowest BCUT2D eigenvalue weighted by Crippen LogP contribution is -2.33. The number of aromatic nitrogens is 1. The van der Waals surface area contributed by atoms with E-state index >= 15 is 0 Å². The molecule has 2 aromatic carbocycles. The van der Waals surface area contributed by atoms with E-state index in [1.165, 1.54) is 23.6 Å². The fourth-order valence-electron chi connectivity index (χ4n) is 3.91. The van der Waals surface area contributed by atoms with E-state index in [0.717, 1.165) is 49.6 Å². The molecule has 1 heterocycles. The minimum atomic E-state index is -0.707. The third-order valence-electron chi connectivity index (χ3n) is 5.46. The van der Waals surface area contributed by atoms with Crippen molar-refractivity contribution in [1.29, 1.82) is 0 Å². The highest BCUT2D eigenvalue weighted by Gasteiger charge is 2.23. The number of fused-ring (bicyclic) bond motifs is 2. The van der Waals surface area contributed by atoms with E-state index in [4.69, 9.17) is 0 Å². The lowest BCUT2D eigenvalue weighted by Gasteiger charge is -2.22. The molecule has 0 N–H and O–H groups in total. The monoisotopic (exact) mass is 429 g/mol. The Labute approximate surface area is 179 Å². The maximum absolute atomic E-state index is 14.2. The van der Waals surface area contributed by atoms with E-state index in [0.29, 0.717) is 21.9 Å². The van der Waals surface area contributed by atoms with Gasteiger partial charge < -0.3 is 4.90 Å². The molecule has 0 spiro atoms. The van der Waals surface area contributed by atoms with Gasteiger partial charge in [-0.1, -0.05) is 17.4 Å². The first-order chi connectivity index (χ1) is 14.4. The molecule has 7 heteroatoms. The van der Waals surface area contributed by atoms with Crippen molar-refractivity contribution < 1.29 is 13.6 Å². The van der Waals surface area contributed by atoms with Gasteiger partial charge in [0.05, 0.1) is 4.70 Å². The number of anilines is 1. The summed E-state index contributed by atoms with van der Waals surface area (Å²) in [6.45, 7) is 1.26. The molecule has 0 bridgehead atoms. The average molecular weight is 430 g/mol. The second kappa shape index (κ2) is 8.78. The molecular formula is C23H25F2N3OS. The second-order valence-corrected chi connectivity index (χ2v) is 9.04. The molecule has 4 rings (SSSR count). The van der Waals surface area contributed by atoms with Crippen LogP contribution in [-0.4, -0.2) is 43.0 Å². The maximum Gasteiger partial charge on any atom is 0.260 e. The molecule has 1 aromatic heterocycles. The van der Waals surface area contributed by atoms with Crippen LogP contribution in [0.5, 0.6) is 0 Å². The second-order valence-electron chi connectivity index (χ2n) is 8.04. The van der Waals surface area contributed by atoms with Gasteiger partial charge in [0, 0.05) is 18.2 Å². The molecule has 1 aliphatic carbocycles. The average Bonchev–Trinajstić information content (AvgIpc) is 3.14. The minimum absolute atomic E-state index is 0.104. The molecule has 1 amide bonds. The maximum atomic E-state index is 14.2. The smallest absolute Gasteiger partial charge is 0.260 e. The molecule has 0 radical (unpaired) electrons. The number of amides is 1. The van der Waals surface area contributed by atoms with Crippen molar-refractivity contribution in [3.05, 3.63) is 58.7 Å². The number of carbonyl (C=O) groups excluding carboxylic acids is 1. The normalized spacial score (nSPS) is 13.6. The number of rotatable bonds is 6. The topological polar surface area (TPSA) is 36.4 Å². The summed E-state index contributed by atoms with van der Waals surface area (Å²) in [5, 5.41) is 0.399. The first-order valence-corrected chi connectivity index (χ1v) is 11.1. The van der Waals surface area contributed by atoms with Crippen LogP contribution in [0, 0.1) is 11.6 Å². The number of aryl methyl sites for hydroxylation is 2. The van der Waals surface area contributed by atoms with Gasteiger partial charge in [-0.25, -0.2) is 13.8 Å². The summed E-state index contributed by atoms with van der Waals surface area (Å²) in [6.07, 6.45) is 5.11. The Morgan fingerprint density at radius 2 is 1.83 bits per heavy atom. The van der Waals surface area contributed by atoms with Gasteiger partial charge in [0.25, 0.3) is 5.91 Å². The van der Waals surface area contributed by atoms with Gasteiger partial charge in [0.2, 0.25) is 0 Å². The number of carbonyl (C=O) groups is 1. The van der Waals surface area contributed by atoms with E-state index in [2.05, 4.69) is 9.88 Å². The minimum Gasteiger partial charge on any atom is -0.309 e. The summed E-state index contributed by atoms with van der Waals surface area (Å²) in [5.74, 6) is -1.50. The lowest BCUT2D eigenvalue weighted by molar-refractivity contribution is 0.0986. The number of hydrogen-bond acceptors (Lipinski definition) is 4. The Kier molecular flexibility index (Phi) is 6.11. The van der Waals surface area contributed by atoms with E-state index in [1.54, 1.807) is 4.90 Å². The van der Waals surface area contributed by atoms with Crippen molar-refractivity contribution in [2.24, 2.45) is 0 Å². The summed E-state index contributed by atoms with van der Waals surface area (Å²) < 4.78 is 28.2. The van der Waals surface area contributed by atoms with E-state index in [-0.39, 0.29) is 11.4 Å². The van der Waals surface area contributed by atoms with E-state index in [9.17, 15) is 13.6 Å². The standard InChI is InChI=1S/C23H25F2N3OS/c1-27(2)10-5-11-28(23-26-21-19(25)13-18(24)14-20(21)30-23)22(29)17-9-8-15-6-3-4-7-16(15)12-17/h8-9,12-14H,3-7,10-11H2,1-2H3. The van der Waals surface area contributed by atoms with Crippen molar-refractivity contribution >= 4 is 32.6 Å². The summed E-state index contributed by atoms with van der Waals surface area (Å²) in [6, 6.07) is 8.00. The Morgan fingerprint density at radius 1 is 1.07 bits per heavy atom. The van der Waals surface area contributed by atoms with Gasteiger partial charge in [-0.3, -0.25) is 9.69 Å². The summed E-state index contributed by atoms with van der Waals surface area (Å²) in [5.41, 5.74) is 3.27. The first kappa shape index (κ1) is 20.9. The van der Waals surface area contributed by atoms with Crippen LogP contribution in [-0.2, 0) is 12.8 Å². The highest BCUT2D eigenvalue weighted by Crippen LogP contribution is 2.32. The summed E-state index contributed by atoms with van der Waals surface area (Å²) in [7, 11) is 3.96. The zero-order valence-corrected chi connectivity index (χ0v) is 18.1. The number of thiazole rings is 1. The summed E-state index contributed by atoms with van der Waals surface area (Å²) >= 11 is 1.14. The van der Waals surface area contributed by atoms with Crippen LogP contribution in [0.15, 0.2) is 30.3 Å². The zero-order valence-electron chi connectivity index (χ0n) is 17.3. The molecule has 1 aliphatic rings. The highest BCUT2D eigenvalue weighted by molar-refractivity contribution is 7.22. The van der Waals surface area contributed by atoms with Crippen molar-refractivity contribution in [2.75, 3.05) is 32.1 Å². The molecule has 4 nitrogen and oxygen atoms in total. The number of halogens is 2. The van der Waals surface area contributed by atoms with Gasteiger partial charge in [0.15, 0.2) is 10.9 Å². The number of benzene rings is 2. The number of hydrogen-bond donors (Lipinski definition) is 0. The van der Waals surface area contributed by atoms with Crippen LogP contribution >= 0.6 is 11.3 Å². The van der Waals surface area contributed by atoms with Crippen LogP contribution in [0.4, 0.5) is 13.9 Å². The van der Waals surface area contributed by atoms with Gasteiger partial charge >= 0.3 is 0 Å².